The van der Waals surface area contributed by atoms with Crippen LogP contribution in [0.15, 0.2) is 68.4 Å². The fourth-order valence-electron chi connectivity index (χ4n) is 2.37. The van der Waals surface area contributed by atoms with Crippen molar-refractivity contribution in [2.45, 2.75) is 23.5 Å². The van der Waals surface area contributed by atoms with Crippen molar-refractivity contribution in [1.82, 2.24) is 0 Å². The van der Waals surface area contributed by atoms with Crippen LogP contribution in [0.1, 0.15) is 13.3 Å². The Labute approximate surface area is 159 Å². The lowest BCUT2D eigenvalue weighted by Gasteiger charge is -2.16. The molecule has 1 aliphatic heterocycles. The van der Waals surface area contributed by atoms with Gasteiger partial charge in [0.05, 0.1) is 15.8 Å². The summed E-state index contributed by atoms with van der Waals surface area (Å²) in [5.41, 5.74) is 0.612. The standard InChI is InChI=1S/C17H15BrN2O3S2/c1-2-15-16(21)20(13-6-4-3-5-7-13)17(24-15)19-25(22,23)14-10-8-12(18)9-11-14/h3-11,15H,2H2,1H3/t15-/m1/s1. The third-order valence-electron chi connectivity index (χ3n) is 3.63. The van der Waals surface area contributed by atoms with E-state index in [4.69, 9.17) is 0 Å². The summed E-state index contributed by atoms with van der Waals surface area (Å²) in [5, 5.41) is -0.148. The monoisotopic (exact) mass is 438 g/mol. The molecule has 0 N–H and O–H groups in total. The second-order valence-corrected chi connectivity index (χ2v) is 9.02. The highest BCUT2D eigenvalue weighted by Gasteiger charge is 2.39. The highest BCUT2D eigenvalue weighted by atomic mass is 79.9. The second kappa shape index (κ2) is 7.31. The Balaban J connectivity index is 2.04. The first-order chi connectivity index (χ1) is 11.9. The Hall–Kier alpha value is -1.64. The number of sulfonamides is 1. The van der Waals surface area contributed by atoms with Crippen LogP contribution in [0.3, 0.4) is 0 Å². The van der Waals surface area contributed by atoms with Gasteiger partial charge in [-0.3, -0.25) is 9.69 Å². The predicted octanol–water partition coefficient (Wildman–Crippen LogP) is 4.05. The molecule has 1 atom stereocenters. The van der Waals surface area contributed by atoms with Gasteiger partial charge in [-0.2, -0.15) is 8.42 Å². The van der Waals surface area contributed by atoms with Gasteiger partial charge in [-0.05, 0) is 42.8 Å². The first-order valence-corrected chi connectivity index (χ1v) is 10.7. The molecular formula is C17H15BrN2O3S2. The summed E-state index contributed by atoms with van der Waals surface area (Å²) in [7, 11) is -3.90. The van der Waals surface area contributed by atoms with Crippen LogP contribution in [0.4, 0.5) is 5.69 Å². The van der Waals surface area contributed by atoms with Crippen molar-refractivity contribution >= 4 is 54.5 Å². The molecule has 0 spiro atoms. The van der Waals surface area contributed by atoms with E-state index in [1.165, 1.54) is 28.8 Å². The first-order valence-electron chi connectivity index (χ1n) is 7.58. The van der Waals surface area contributed by atoms with E-state index in [9.17, 15) is 13.2 Å². The minimum atomic E-state index is -3.90. The van der Waals surface area contributed by atoms with Crippen LogP contribution >= 0.6 is 27.7 Å². The summed E-state index contributed by atoms with van der Waals surface area (Å²) >= 11 is 4.46. The van der Waals surface area contributed by atoms with Gasteiger partial charge in [-0.15, -0.1) is 4.40 Å². The number of anilines is 1. The molecule has 1 aliphatic rings. The molecule has 0 radical (unpaired) electrons. The average molecular weight is 439 g/mol. The average Bonchev–Trinajstić information content (AvgIpc) is 2.90. The van der Waals surface area contributed by atoms with Crippen molar-refractivity contribution in [3.05, 3.63) is 59.1 Å². The van der Waals surface area contributed by atoms with Crippen molar-refractivity contribution in [2.24, 2.45) is 4.40 Å². The fraction of sp³-hybridized carbons (Fsp3) is 0.176. The Bertz CT molecular complexity index is 913. The maximum absolute atomic E-state index is 12.6. The highest BCUT2D eigenvalue weighted by Crippen LogP contribution is 2.34. The normalized spacial score (nSPS) is 19.6. The highest BCUT2D eigenvalue weighted by molar-refractivity contribution is 9.10. The molecule has 0 unspecified atom stereocenters. The van der Waals surface area contributed by atoms with Crippen LogP contribution < -0.4 is 4.90 Å². The summed E-state index contributed by atoms with van der Waals surface area (Å²) < 4.78 is 30.0. The molecule has 1 heterocycles. The molecule has 0 bridgehead atoms. The maximum atomic E-state index is 12.6. The second-order valence-electron chi connectivity index (χ2n) is 5.33. The number of hydrogen-bond acceptors (Lipinski definition) is 4. The topological polar surface area (TPSA) is 66.8 Å². The molecule has 130 valence electrons. The molecule has 2 aromatic carbocycles. The van der Waals surface area contributed by atoms with Crippen LogP contribution in [0.2, 0.25) is 0 Å². The maximum Gasteiger partial charge on any atom is 0.284 e. The molecule has 0 aliphatic carbocycles. The number of amidine groups is 1. The fourth-order valence-corrected chi connectivity index (χ4v) is 4.90. The van der Waals surface area contributed by atoms with E-state index in [1.807, 2.05) is 13.0 Å². The zero-order chi connectivity index (χ0) is 18.0. The van der Waals surface area contributed by atoms with Gasteiger partial charge in [-0.25, -0.2) is 0 Å². The molecule has 3 rings (SSSR count). The van der Waals surface area contributed by atoms with Crippen LogP contribution in [-0.4, -0.2) is 24.7 Å². The van der Waals surface area contributed by atoms with Crippen LogP contribution in [-0.2, 0) is 14.8 Å². The zero-order valence-corrected chi connectivity index (χ0v) is 16.5. The van der Waals surface area contributed by atoms with E-state index in [1.54, 1.807) is 36.4 Å². The van der Waals surface area contributed by atoms with E-state index < -0.39 is 10.0 Å². The number of carbonyl (C=O) groups excluding carboxylic acids is 1. The largest absolute Gasteiger partial charge is 0.284 e. The van der Waals surface area contributed by atoms with Crippen molar-refractivity contribution in [1.29, 1.82) is 0 Å². The lowest BCUT2D eigenvalue weighted by Crippen LogP contribution is -2.32. The molecule has 0 aromatic heterocycles. The van der Waals surface area contributed by atoms with Gasteiger partial charge in [0.1, 0.15) is 0 Å². The van der Waals surface area contributed by atoms with Gasteiger partial charge in [0, 0.05) is 4.47 Å². The third-order valence-corrected chi connectivity index (χ3v) is 6.86. The number of para-hydroxylation sites is 1. The number of benzene rings is 2. The molecule has 1 saturated heterocycles. The molecule has 1 amide bonds. The number of amides is 1. The number of carbonyl (C=O) groups is 1. The summed E-state index contributed by atoms with van der Waals surface area (Å²) in [5.74, 6) is -0.150. The minimum absolute atomic E-state index is 0.0872. The molecule has 0 saturated carbocycles. The van der Waals surface area contributed by atoms with Crippen molar-refractivity contribution in [2.75, 3.05) is 4.90 Å². The van der Waals surface area contributed by atoms with Gasteiger partial charge in [0.25, 0.3) is 10.0 Å². The van der Waals surface area contributed by atoms with Crippen molar-refractivity contribution < 1.29 is 13.2 Å². The smallest absolute Gasteiger partial charge is 0.273 e. The predicted molar refractivity (Wildman–Crippen MR) is 104 cm³/mol. The van der Waals surface area contributed by atoms with Gasteiger partial charge in [-0.1, -0.05) is 52.8 Å². The van der Waals surface area contributed by atoms with Gasteiger partial charge in [0.15, 0.2) is 5.17 Å². The summed E-state index contributed by atoms with van der Waals surface area (Å²) in [6, 6.07) is 15.2. The third kappa shape index (κ3) is 3.80. The van der Waals surface area contributed by atoms with Gasteiger partial charge >= 0.3 is 0 Å². The Morgan fingerprint density at radius 2 is 1.76 bits per heavy atom. The first kappa shape index (κ1) is 18.2. The summed E-state index contributed by atoms with van der Waals surface area (Å²) in [6.45, 7) is 1.89. The van der Waals surface area contributed by atoms with Crippen LogP contribution in [0, 0.1) is 0 Å². The van der Waals surface area contributed by atoms with Crippen LogP contribution in [0.5, 0.6) is 0 Å². The minimum Gasteiger partial charge on any atom is -0.273 e. The van der Waals surface area contributed by atoms with E-state index in [0.717, 1.165) is 4.47 Å². The lowest BCUT2D eigenvalue weighted by atomic mass is 10.2. The molecule has 1 fully saturated rings. The molecular weight excluding hydrogens is 424 g/mol. The van der Waals surface area contributed by atoms with E-state index in [-0.39, 0.29) is 21.2 Å². The molecule has 5 nitrogen and oxygen atoms in total. The summed E-state index contributed by atoms with van der Waals surface area (Å²) in [6.07, 6.45) is 0.601. The van der Waals surface area contributed by atoms with Crippen molar-refractivity contribution in [3.63, 3.8) is 0 Å². The van der Waals surface area contributed by atoms with Gasteiger partial charge in [0.2, 0.25) is 5.91 Å². The lowest BCUT2D eigenvalue weighted by molar-refractivity contribution is -0.116. The SMILES string of the molecule is CC[C@H]1SC(=NS(=O)(=O)c2ccc(Br)cc2)N(c2ccccc2)C1=O. The van der Waals surface area contributed by atoms with Crippen LogP contribution in [0.25, 0.3) is 0 Å². The Morgan fingerprint density at radius 3 is 2.36 bits per heavy atom. The number of rotatable bonds is 4. The quantitative estimate of drug-likeness (QED) is 0.721. The molecule has 25 heavy (non-hydrogen) atoms. The van der Waals surface area contributed by atoms with Crippen molar-refractivity contribution in [3.8, 4) is 0 Å². The number of halogens is 1. The Kier molecular flexibility index (Phi) is 5.31. The van der Waals surface area contributed by atoms with E-state index in [0.29, 0.717) is 12.1 Å². The molecule has 8 heteroatoms. The zero-order valence-electron chi connectivity index (χ0n) is 13.3. The van der Waals surface area contributed by atoms with Gasteiger partial charge < -0.3 is 0 Å². The number of hydrogen-bond donors (Lipinski definition) is 0. The molecule has 2 aromatic rings. The van der Waals surface area contributed by atoms with E-state index in [2.05, 4.69) is 20.3 Å². The van der Waals surface area contributed by atoms with E-state index >= 15 is 0 Å². The number of nitrogens with zero attached hydrogens (tertiary/aromatic N) is 2. The summed E-state index contributed by atoms with van der Waals surface area (Å²) in [4.78, 5) is 14.1. The Morgan fingerprint density at radius 1 is 1.12 bits per heavy atom. The number of thioether (sulfide) groups is 1.